The Kier molecular flexibility index (Phi) is 9.57. The third kappa shape index (κ3) is 7.11. The molecule has 1 aromatic carbocycles. The standard InChI is InChI=1S/C17H24N4O3.ClH/c1-23-14-9-7-13(8-10-14)17-20-16(24-21-17)6-4-5-15(22)19-12-3-2-11-18;/h7-10H,2-6,11-12,18H2,1H3,(H,19,22);1H. The fourth-order valence-electron chi connectivity index (χ4n) is 2.20. The third-order valence-electron chi connectivity index (χ3n) is 3.56. The molecule has 0 aliphatic rings. The van der Waals surface area contributed by atoms with Gasteiger partial charge in [-0.15, -0.1) is 12.4 Å². The smallest absolute Gasteiger partial charge is 0.226 e. The molecule has 3 N–H and O–H groups in total. The highest BCUT2D eigenvalue weighted by Gasteiger charge is 2.09. The van der Waals surface area contributed by atoms with E-state index in [2.05, 4.69) is 15.5 Å². The van der Waals surface area contributed by atoms with Crippen molar-refractivity contribution < 1.29 is 14.1 Å². The first-order valence-corrected chi connectivity index (χ1v) is 8.16. The average molecular weight is 369 g/mol. The Balaban J connectivity index is 0.00000312. The van der Waals surface area contributed by atoms with Crippen molar-refractivity contribution in [3.05, 3.63) is 30.2 Å². The highest BCUT2D eigenvalue weighted by molar-refractivity contribution is 5.85. The molecule has 0 aliphatic carbocycles. The third-order valence-corrected chi connectivity index (χ3v) is 3.56. The van der Waals surface area contributed by atoms with Crippen LogP contribution in [-0.4, -0.2) is 36.2 Å². The van der Waals surface area contributed by atoms with Crippen LogP contribution >= 0.6 is 12.4 Å². The minimum atomic E-state index is 0. The first-order chi connectivity index (χ1) is 11.7. The molecule has 0 spiro atoms. The van der Waals surface area contributed by atoms with Gasteiger partial charge in [0, 0.05) is 24.9 Å². The van der Waals surface area contributed by atoms with Gasteiger partial charge in [-0.25, -0.2) is 0 Å². The van der Waals surface area contributed by atoms with Crippen LogP contribution in [0.1, 0.15) is 31.6 Å². The number of carbonyl (C=O) groups excluding carboxylic acids is 1. The Bertz CT molecular complexity index is 631. The van der Waals surface area contributed by atoms with Crippen LogP contribution in [0.4, 0.5) is 0 Å². The lowest BCUT2D eigenvalue weighted by atomic mass is 10.2. The number of unbranched alkanes of at least 4 members (excludes halogenated alkanes) is 1. The van der Waals surface area contributed by atoms with E-state index in [1.165, 1.54) is 0 Å². The molecule has 25 heavy (non-hydrogen) atoms. The van der Waals surface area contributed by atoms with Crippen molar-refractivity contribution in [2.75, 3.05) is 20.2 Å². The van der Waals surface area contributed by atoms with E-state index >= 15 is 0 Å². The van der Waals surface area contributed by atoms with E-state index in [4.69, 9.17) is 15.0 Å². The minimum Gasteiger partial charge on any atom is -0.497 e. The Morgan fingerprint density at radius 1 is 1.24 bits per heavy atom. The van der Waals surface area contributed by atoms with E-state index in [1.807, 2.05) is 24.3 Å². The zero-order valence-corrected chi connectivity index (χ0v) is 15.2. The first-order valence-electron chi connectivity index (χ1n) is 8.16. The summed E-state index contributed by atoms with van der Waals surface area (Å²) in [6.07, 6.45) is 3.54. The van der Waals surface area contributed by atoms with Crippen molar-refractivity contribution in [2.24, 2.45) is 5.73 Å². The van der Waals surface area contributed by atoms with Crippen molar-refractivity contribution in [3.8, 4) is 17.1 Å². The van der Waals surface area contributed by atoms with Crippen LogP contribution in [0, 0.1) is 0 Å². The molecule has 138 valence electrons. The van der Waals surface area contributed by atoms with Gasteiger partial charge in [0.05, 0.1) is 7.11 Å². The molecular formula is C17H25ClN4O3. The van der Waals surface area contributed by atoms with E-state index in [0.29, 0.717) is 44.1 Å². The summed E-state index contributed by atoms with van der Waals surface area (Å²) in [4.78, 5) is 16.0. The lowest BCUT2D eigenvalue weighted by Crippen LogP contribution is -2.24. The lowest BCUT2D eigenvalue weighted by Gasteiger charge is -2.03. The molecule has 0 unspecified atom stereocenters. The van der Waals surface area contributed by atoms with Crippen molar-refractivity contribution in [3.63, 3.8) is 0 Å². The quantitative estimate of drug-likeness (QED) is 0.624. The van der Waals surface area contributed by atoms with Gasteiger partial charge in [-0.2, -0.15) is 4.98 Å². The van der Waals surface area contributed by atoms with Crippen LogP contribution < -0.4 is 15.8 Å². The molecule has 0 fully saturated rings. The molecule has 7 nitrogen and oxygen atoms in total. The minimum absolute atomic E-state index is 0. The molecule has 1 heterocycles. The van der Waals surface area contributed by atoms with E-state index in [-0.39, 0.29) is 18.3 Å². The molecule has 0 radical (unpaired) electrons. The number of hydrogen-bond acceptors (Lipinski definition) is 6. The number of carbonyl (C=O) groups is 1. The number of ether oxygens (including phenoxy) is 1. The van der Waals surface area contributed by atoms with Gasteiger partial charge in [-0.05, 0) is 50.1 Å². The second kappa shape index (κ2) is 11.4. The second-order valence-electron chi connectivity index (χ2n) is 5.44. The number of amides is 1. The number of aromatic nitrogens is 2. The number of benzene rings is 1. The van der Waals surface area contributed by atoms with Crippen molar-refractivity contribution >= 4 is 18.3 Å². The largest absolute Gasteiger partial charge is 0.497 e. The van der Waals surface area contributed by atoms with Gasteiger partial charge in [0.25, 0.3) is 0 Å². The molecule has 0 saturated heterocycles. The summed E-state index contributed by atoms with van der Waals surface area (Å²) in [5.41, 5.74) is 6.27. The van der Waals surface area contributed by atoms with Crippen LogP contribution in [-0.2, 0) is 11.2 Å². The molecule has 8 heteroatoms. The summed E-state index contributed by atoms with van der Waals surface area (Å²) in [5.74, 6) is 1.90. The Labute approximate surface area is 153 Å². The lowest BCUT2D eigenvalue weighted by molar-refractivity contribution is -0.121. The molecule has 2 rings (SSSR count). The van der Waals surface area contributed by atoms with Crippen LogP contribution in [0.25, 0.3) is 11.4 Å². The molecular weight excluding hydrogens is 344 g/mol. The number of nitrogens with one attached hydrogen (secondary N) is 1. The molecule has 0 bridgehead atoms. The first kappa shape index (κ1) is 20.9. The zero-order valence-electron chi connectivity index (χ0n) is 14.4. The van der Waals surface area contributed by atoms with Gasteiger partial charge in [0.1, 0.15) is 5.75 Å². The number of methoxy groups -OCH3 is 1. The second-order valence-corrected chi connectivity index (χ2v) is 5.44. The van der Waals surface area contributed by atoms with Gasteiger partial charge in [-0.1, -0.05) is 5.16 Å². The average Bonchev–Trinajstić information content (AvgIpc) is 3.08. The Morgan fingerprint density at radius 2 is 2.00 bits per heavy atom. The number of hydrogen-bond donors (Lipinski definition) is 2. The summed E-state index contributed by atoms with van der Waals surface area (Å²) in [6, 6.07) is 7.45. The van der Waals surface area contributed by atoms with Crippen LogP contribution in [0.5, 0.6) is 5.75 Å². The Hall–Kier alpha value is -2.12. The number of nitrogens with zero attached hydrogens (tertiary/aromatic N) is 2. The van der Waals surface area contributed by atoms with Crippen LogP contribution in [0.15, 0.2) is 28.8 Å². The summed E-state index contributed by atoms with van der Waals surface area (Å²) in [7, 11) is 1.62. The summed E-state index contributed by atoms with van der Waals surface area (Å²) >= 11 is 0. The highest BCUT2D eigenvalue weighted by atomic mass is 35.5. The van der Waals surface area contributed by atoms with Crippen molar-refractivity contribution in [1.29, 1.82) is 0 Å². The van der Waals surface area contributed by atoms with E-state index in [1.54, 1.807) is 7.11 Å². The molecule has 1 amide bonds. The van der Waals surface area contributed by atoms with E-state index in [0.717, 1.165) is 24.2 Å². The topological polar surface area (TPSA) is 103 Å². The normalized spacial score (nSPS) is 10.2. The van der Waals surface area contributed by atoms with Crippen molar-refractivity contribution in [2.45, 2.75) is 32.1 Å². The summed E-state index contributed by atoms with van der Waals surface area (Å²) in [5, 5.41) is 6.84. The summed E-state index contributed by atoms with van der Waals surface area (Å²) in [6.45, 7) is 1.34. The Morgan fingerprint density at radius 3 is 2.68 bits per heavy atom. The van der Waals surface area contributed by atoms with Gasteiger partial charge < -0.3 is 20.3 Å². The number of rotatable bonds is 10. The molecule has 0 aliphatic heterocycles. The van der Waals surface area contributed by atoms with Gasteiger partial charge in [-0.3, -0.25) is 4.79 Å². The summed E-state index contributed by atoms with van der Waals surface area (Å²) < 4.78 is 10.4. The van der Waals surface area contributed by atoms with E-state index in [9.17, 15) is 4.79 Å². The molecule has 1 aromatic heterocycles. The molecule has 0 atom stereocenters. The van der Waals surface area contributed by atoms with Crippen LogP contribution in [0.3, 0.4) is 0 Å². The SMILES string of the molecule is COc1ccc(-c2noc(CCCC(=O)NCCCCN)n2)cc1.Cl. The monoisotopic (exact) mass is 368 g/mol. The molecule has 2 aromatic rings. The predicted octanol–water partition coefficient (Wildman–Crippen LogP) is 2.34. The highest BCUT2D eigenvalue weighted by Crippen LogP contribution is 2.20. The molecule has 0 saturated carbocycles. The van der Waals surface area contributed by atoms with Crippen LogP contribution in [0.2, 0.25) is 0 Å². The van der Waals surface area contributed by atoms with Gasteiger partial charge in [0.15, 0.2) is 0 Å². The van der Waals surface area contributed by atoms with Gasteiger partial charge in [0.2, 0.25) is 17.6 Å². The van der Waals surface area contributed by atoms with E-state index < -0.39 is 0 Å². The fraction of sp³-hybridized carbons (Fsp3) is 0.471. The maximum absolute atomic E-state index is 11.7. The number of halogens is 1. The van der Waals surface area contributed by atoms with Gasteiger partial charge >= 0.3 is 0 Å². The predicted molar refractivity (Wildman–Crippen MR) is 97.8 cm³/mol. The van der Waals surface area contributed by atoms with Crippen molar-refractivity contribution in [1.82, 2.24) is 15.5 Å². The maximum atomic E-state index is 11.7. The number of nitrogens with two attached hydrogens (primary N) is 1. The maximum Gasteiger partial charge on any atom is 0.226 e. The number of aryl methyl sites for hydroxylation is 1. The fourth-order valence-corrected chi connectivity index (χ4v) is 2.20. The zero-order chi connectivity index (χ0) is 17.2.